The normalized spacial score (nSPS) is 16.8. The van der Waals surface area contributed by atoms with E-state index in [4.69, 9.17) is 28.5 Å². The maximum atomic E-state index is 9.51. The van der Waals surface area contributed by atoms with Gasteiger partial charge < -0.3 is 18.9 Å². The van der Waals surface area contributed by atoms with E-state index in [0.717, 1.165) is 93.7 Å². The lowest BCUT2D eigenvalue weighted by Gasteiger charge is -2.38. The smallest absolute Gasteiger partial charge is 0.260 e. The fourth-order valence-electron chi connectivity index (χ4n) is 14.7. The highest BCUT2D eigenvalue weighted by molar-refractivity contribution is 7.20. The molecule has 13 aromatic rings. The van der Waals surface area contributed by atoms with Gasteiger partial charge in [-0.15, -0.1) is 0 Å². The Bertz CT molecular complexity index is 5520. The Balaban J connectivity index is 0.000000162. The zero-order valence-corrected chi connectivity index (χ0v) is 51.5. The van der Waals surface area contributed by atoms with Gasteiger partial charge in [-0.25, -0.2) is 0 Å². The number of hydrogen-bond donors (Lipinski definition) is 0. The largest absolute Gasteiger partial charge is 0.487 e. The Morgan fingerprint density at radius 1 is 0.351 bits per heavy atom. The predicted molar refractivity (Wildman–Crippen MR) is 397 cm³/mol. The molecule has 5 aliphatic rings. The van der Waals surface area contributed by atoms with Crippen LogP contribution in [0.5, 0.6) is 40.2 Å². The number of allylic oxidation sites excluding steroid dienone is 2. The molecule has 0 N–H and O–H groups in total. The first-order valence-electron chi connectivity index (χ1n) is 36.9. The molecule has 4 nitrogen and oxygen atoms in total. The zero-order chi connectivity index (χ0) is 71.4. The molecule has 0 amide bonds. The second-order valence-electron chi connectivity index (χ2n) is 23.9. The molecule has 0 spiro atoms. The van der Waals surface area contributed by atoms with Crippen molar-refractivity contribution in [2.45, 2.75) is 26.3 Å². The Morgan fingerprint density at radius 2 is 0.798 bits per heavy atom. The molecule has 94 heavy (non-hydrogen) atoms. The summed E-state index contributed by atoms with van der Waals surface area (Å²) in [5.74, 6) is 3.77. The van der Waals surface area contributed by atoms with E-state index >= 15 is 0 Å². The summed E-state index contributed by atoms with van der Waals surface area (Å²) in [6.07, 6.45) is -1.37. The van der Waals surface area contributed by atoms with Gasteiger partial charge in [0.1, 0.15) is 46.4 Å². The average molecular weight is 1230 g/mol. The van der Waals surface area contributed by atoms with Crippen molar-refractivity contribution in [2.24, 2.45) is 0 Å². The van der Waals surface area contributed by atoms with Crippen molar-refractivity contribution >= 4 is 92.7 Å². The van der Waals surface area contributed by atoms with Crippen LogP contribution in [0.1, 0.15) is 28.1 Å². The molecule has 0 saturated carbocycles. The van der Waals surface area contributed by atoms with Gasteiger partial charge in [-0.1, -0.05) is 309 Å². The maximum Gasteiger partial charge on any atom is 0.260 e. The van der Waals surface area contributed by atoms with Crippen LogP contribution in [-0.4, -0.2) is 34.3 Å². The van der Waals surface area contributed by atoms with Gasteiger partial charge in [0, 0.05) is 11.3 Å². The summed E-state index contributed by atoms with van der Waals surface area (Å²) >= 11 is 0. The van der Waals surface area contributed by atoms with Crippen molar-refractivity contribution in [3.05, 3.63) is 345 Å². The molecule has 0 bridgehead atoms. The van der Waals surface area contributed by atoms with Gasteiger partial charge in [-0.3, -0.25) is 0 Å². The number of rotatable bonds is 9. The van der Waals surface area contributed by atoms with Crippen LogP contribution in [0.2, 0.25) is 5.82 Å². The maximum absolute atomic E-state index is 9.51. The van der Waals surface area contributed by atoms with Crippen LogP contribution in [0.4, 0.5) is 0 Å². The highest BCUT2D eigenvalue weighted by Crippen LogP contribution is 2.40. The van der Waals surface area contributed by atoms with E-state index in [1.54, 1.807) is 6.07 Å². The van der Waals surface area contributed by atoms with Gasteiger partial charge in [-0.2, -0.15) is 0 Å². The minimum Gasteiger partial charge on any atom is -0.487 e. The molecule has 13 aromatic carbocycles. The van der Waals surface area contributed by atoms with E-state index in [0.29, 0.717) is 5.56 Å². The summed E-state index contributed by atoms with van der Waals surface area (Å²) in [6.45, 7) is 0.146. The highest BCUT2D eigenvalue weighted by atomic mass is 28.3. The summed E-state index contributed by atoms with van der Waals surface area (Å²) in [4.78, 5) is 0. The number of para-hydroxylation sites is 4. The molecular weight excluding hydrogens is 1160 g/mol. The predicted octanol–water partition coefficient (Wildman–Crippen LogP) is 12.9. The molecule has 0 radical (unpaired) electrons. The molecule has 4 heterocycles. The Labute approximate surface area is 568 Å². The van der Waals surface area contributed by atoms with Crippen LogP contribution >= 0.6 is 0 Å². The molecular formula is C86H65B3O4Si. The summed E-state index contributed by atoms with van der Waals surface area (Å²) in [7, 11) is -3.13. The van der Waals surface area contributed by atoms with Crippen molar-refractivity contribution in [1.29, 1.82) is 0 Å². The topological polar surface area (TPSA) is 36.9 Å². The molecule has 8 heteroatoms. The van der Waals surface area contributed by atoms with Gasteiger partial charge in [0.25, 0.3) is 13.4 Å². The minimum absolute atomic E-state index is 0. The third kappa shape index (κ3) is 9.96. The van der Waals surface area contributed by atoms with Gasteiger partial charge in [0.05, 0.1) is 15.1 Å². The van der Waals surface area contributed by atoms with Crippen molar-refractivity contribution < 1.29 is 34.0 Å². The first-order valence-corrected chi connectivity index (χ1v) is 33.4. The van der Waals surface area contributed by atoms with E-state index in [9.17, 15) is 5.48 Å². The Morgan fingerprint density at radius 3 is 1.36 bits per heavy atom. The van der Waals surface area contributed by atoms with Gasteiger partial charge in [-0.05, 0) is 142 Å². The van der Waals surface area contributed by atoms with Gasteiger partial charge in [0.15, 0.2) is 8.07 Å². The van der Waals surface area contributed by atoms with Crippen LogP contribution in [0.3, 0.4) is 0 Å². The van der Waals surface area contributed by atoms with E-state index in [1.165, 1.54) is 23.5 Å². The minimum atomic E-state index is -3.13. The van der Waals surface area contributed by atoms with E-state index in [1.807, 2.05) is 97.1 Å². The number of ether oxygens (including phenoxy) is 4. The van der Waals surface area contributed by atoms with Crippen LogP contribution in [-0.2, 0) is 0 Å². The van der Waals surface area contributed by atoms with Crippen molar-refractivity contribution in [2.75, 3.05) is 0 Å². The second-order valence-corrected chi connectivity index (χ2v) is 27.7. The lowest BCUT2D eigenvalue weighted by atomic mass is 9.30. The van der Waals surface area contributed by atoms with E-state index < -0.39 is 69.0 Å². The summed E-state index contributed by atoms with van der Waals surface area (Å²) in [5.41, 5.74) is 12.1. The van der Waals surface area contributed by atoms with Crippen molar-refractivity contribution in [1.82, 2.24) is 0 Å². The van der Waals surface area contributed by atoms with Gasteiger partial charge in [0.2, 0.25) is 6.71 Å². The lowest BCUT2D eigenvalue weighted by Crippen LogP contribution is -2.74. The average Bonchev–Trinajstić information content (AvgIpc) is 0.716. The second kappa shape index (κ2) is 24.5. The quantitative estimate of drug-likeness (QED) is 0.107. The van der Waals surface area contributed by atoms with Crippen LogP contribution in [0, 0.1) is 6.92 Å². The fraction of sp³-hybridized carbons (Fsp3) is 0.0465. The van der Waals surface area contributed by atoms with Crippen LogP contribution in [0.25, 0.3) is 33.4 Å². The molecule has 0 fully saturated rings. The number of fused-ring (bicyclic) bond motifs is 8. The molecule has 0 saturated heterocycles. The summed E-state index contributed by atoms with van der Waals surface area (Å²) in [5, 5.41) is 4.19. The molecule has 446 valence electrons. The third-order valence-corrected chi connectivity index (χ3v) is 23.5. The molecule has 2 atom stereocenters. The third-order valence-electron chi connectivity index (χ3n) is 18.7. The Hall–Kier alpha value is -11.0. The Kier molecular flexibility index (Phi) is 12.2. The molecule has 18 rings (SSSR count). The van der Waals surface area contributed by atoms with E-state index in [2.05, 4.69) is 170 Å². The molecule has 0 aromatic heterocycles. The molecule has 1 aliphatic carbocycles. The van der Waals surface area contributed by atoms with Crippen LogP contribution < -0.4 is 83.4 Å². The van der Waals surface area contributed by atoms with E-state index in [-0.39, 0.29) is 72.8 Å². The summed E-state index contributed by atoms with van der Waals surface area (Å²) in [6, 6.07) is 89.0. The number of hydrogen-bond acceptors (Lipinski definition) is 4. The lowest BCUT2D eigenvalue weighted by molar-refractivity contribution is 0.247. The molecule has 4 aliphatic heterocycles. The zero-order valence-electron chi connectivity index (χ0n) is 61.5. The standard InChI is InChI=1S/C43H35BOSi.C42H26B2O3.CH4/c1-32-28-29-41-43(30-32)45-42-27-14-13-26-40(42)44(41)39-25-12-11-24-38(39)33-16-15-23-37(31-33)46(34-17-5-2-6-18-34,35-19-7-3-8-20-35)36-21-9-4-10-22-36;1-2-13-27(14-3-1)29-15-12-16-30(41(29)43-31-17-4-8-21-35(31)45-36-22-9-5-18-32(36)43)28-25-39-42-40(26-28)47-38-24-11-7-20-34(38)44(42)33-19-6-10-23-37(33)46-39;/h2-31,40,42H,1H3;1-26H;1H4/i11D,12D,13D,14D,24D,25D,26D,27D,28D,29D,30D;;. The first kappa shape index (κ1) is 46.9. The fourth-order valence-corrected chi connectivity index (χ4v) is 19.5. The first-order chi connectivity index (χ1) is 50.6. The van der Waals surface area contributed by atoms with Crippen LogP contribution in [0.15, 0.2) is 339 Å². The SMILES string of the molecule is C.[2H]C1=C([2H])C2Oc3c([2H])c(C)c([2H])c([2H])c3B(c3c([2H])c([2H])c([2H])c([2H])c3-c3cccc([Si](c4ccccc4)(c4ccccc4)c4ccccc4)c3)C2C([2H])=C1[2H].c1ccc(-c2cccc(-c3cc4c5c(c3)Oc3ccccc3B5c3ccccc3O4)c2B2c3ccccc3Oc3ccccc32)cc1. The van der Waals surface area contributed by atoms with Gasteiger partial charge >= 0.3 is 0 Å². The van der Waals surface area contributed by atoms with Crippen molar-refractivity contribution in [3.8, 4) is 73.6 Å². The number of benzene rings is 13. The van der Waals surface area contributed by atoms with Crippen molar-refractivity contribution in [3.63, 3.8) is 0 Å². The molecule has 2 unspecified atom stereocenters. The highest BCUT2D eigenvalue weighted by Gasteiger charge is 2.45. The summed E-state index contributed by atoms with van der Waals surface area (Å²) < 4.78 is 125. The monoisotopic (exact) mass is 1230 g/mol.